The summed E-state index contributed by atoms with van der Waals surface area (Å²) in [6, 6.07) is -0.983. The summed E-state index contributed by atoms with van der Waals surface area (Å²) in [5, 5.41) is 121. The van der Waals surface area contributed by atoms with Crippen LogP contribution in [-0.4, -0.2) is 193 Å². The Hall–Kier alpha value is -3.55. The molecule has 19 heteroatoms. The highest BCUT2D eigenvalue weighted by Crippen LogP contribution is 2.33. The third-order valence-electron chi connectivity index (χ3n) is 22.1. The van der Waals surface area contributed by atoms with Crippen LogP contribution in [0.3, 0.4) is 0 Å². The first kappa shape index (κ1) is 104. The van der Waals surface area contributed by atoms with Crippen LogP contribution in [0, 0.1) is 0 Å². The van der Waals surface area contributed by atoms with Gasteiger partial charge in [-0.15, -0.1) is 0 Å². The van der Waals surface area contributed by atoms with Gasteiger partial charge in [0.2, 0.25) is 5.91 Å². The van der Waals surface area contributed by atoms with E-state index in [4.69, 9.17) is 28.4 Å². The Morgan fingerprint density at radius 2 is 0.611 bits per heavy atom. The molecule has 1 amide bonds. The van der Waals surface area contributed by atoms with Crippen molar-refractivity contribution in [1.82, 2.24) is 5.32 Å². The number of carbonyl (C=O) groups excluding carboxylic acids is 1. The topological polar surface area (TPSA) is 307 Å². The Labute approximate surface area is 685 Å². The summed E-state index contributed by atoms with van der Waals surface area (Å²) in [6.45, 7) is 1.66. The molecule has 3 fully saturated rings. The fourth-order valence-electron chi connectivity index (χ4n) is 14.9. The molecule has 17 atom stereocenters. The van der Waals surface area contributed by atoms with Crippen molar-refractivity contribution in [2.75, 3.05) is 26.4 Å². The molecule has 3 aliphatic rings. The molecular weight excluding hydrogens is 1430 g/mol. The van der Waals surface area contributed by atoms with Gasteiger partial charge in [-0.2, -0.15) is 0 Å². The molecule has 113 heavy (non-hydrogen) atoms. The Morgan fingerprint density at radius 3 is 0.956 bits per heavy atom. The van der Waals surface area contributed by atoms with Crippen LogP contribution in [0.1, 0.15) is 348 Å². The Balaban J connectivity index is 1.33. The smallest absolute Gasteiger partial charge is 0.220 e. The molecule has 0 bridgehead atoms. The molecule has 17 unspecified atom stereocenters. The fraction of sp³-hybridized carbons (Fsp3) is 0.798. The number of hydrogen-bond acceptors (Lipinski definition) is 18. The molecule has 0 aliphatic carbocycles. The van der Waals surface area contributed by atoms with E-state index < -0.39 is 124 Å². The van der Waals surface area contributed by atoms with Crippen LogP contribution in [-0.2, 0) is 33.2 Å². The first-order valence-electron chi connectivity index (χ1n) is 45.6. The van der Waals surface area contributed by atoms with E-state index in [9.17, 15) is 61.0 Å². The lowest BCUT2D eigenvalue weighted by Gasteiger charge is -2.48. The van der Waals surface area contributed by atoms with Crippen LogP contribution in [0.15, 0.2) is 109 Å². The van der Waals surface area contributed by atoms with Crippen molar-refractivity contribution in [3.05, 3.63) is 109 Å². The quantitative estimate of drug-likeness (QED) is 0.0199. The fourth-order valence-corrected chi connectivity index (χ4v) is 14.9. The van der Waals surface area contributed by atoms with E-state index in [1.165, 1.54) is 212 Å². The van der Waals surface area contributed by atoms with Crippen LogP contribution >= 0.6 is 0 Å². The Morgan fingerprint density at radius 1 is 0.327 bits per heavy atom. The molecule has 0 radical (unpaired) electrons. The van der Waals surface area contributed by atoms with E-state index >= 15 is 0 Å². The van der Waals surface area contributed by atoms with Gasteiger partial charge in [-0.25, -0.2) is 0 Å². The van der Waals surface area contributed by atoms with Gasteiger partial charge in [0.05, 0.1) is 38.6 Å². The Kier molecular flexibility index (Phi) is 66.5. The van der Waals surface area contributed by atoms with Gasteiger partial charge < -0.3 is 89.9 Å². The van der Waals surface area contributed by atoms with Gasteiger partial charge in [0.15, 0.2) is 18.9 Å². The summed E-state index contributed by atoms with van der Waals surface area (Å²) < 4.78 is 34.5. The van der Waals surface area contributed by atoms with Crippen LogP contribution in [0.4, 0.5) is 0 Å². The lowest BCUT2D eigenvalue weighted by atomic mass is 9.96. The first-order valence-corrected chi connectivity index (χ1v) is 45.6. The van der Waals surface area contributed by atoms with Crippen LogP contribution in [0.5, 0.6) is 0 Å². The van der Waals surface area contributed by atoms with E-state index in [-0.39, 0.29) is 18.9 Å². The molecule has 0 aromatic heterocycles. The zero-order valence-corrected chi connectivity index (χ0v) is 70.6. The van der Waals surface area contributed by atoms with Crippen LogP contribution < -0.4 is 5.32 Å². The van der Waals surface area contributed by atoms with Crippen molar-refractivity contribution < 1.29 is 89.4 Å². The number of hydrogen-bond donors (Lipinski definition) is 12. The number of rotatable bonds is 73. The largest absolute Gasteiger partial charge is 0.394 e. The van der Waals surface area contributed by atoms with Crippen molar-refractivity contribution in [1.29, 1.82) is 0 Å². The number of aliphatic hydroxyl groups excluding tert-OH is 11. The van der Waals surface area contributed by atoms with Gasteiger partial charge in [0.25, 0.3) is 0 Å². The average molecular weight is 1600 g/mol. The minimum Gasteiger partial charge on any atom is -0.394 e. The number of unbranched alkanes of at least 4 members (excludes halogenated alkanes) is 41. The number of amides is 1. The van der Waals surface area contributed by atoms with Crippen LogP contribution in [0.25, 0.3) is 0 Å². The minimum absolute atomic E-state index is 0.236. The van der Waals surface area contributed by atoms with Crippen LogP contribution in [0.2, 0.25) is 0 Å². The molecule has 0 aromatic carbocycles. The molecule has 0 spiro atoms. The summed E-state index contributed by atoms with van der Waals surface area (Å²) in [5.74, 6) is -0.277. The molecule has 12 N–H and O–H groups in total. The summed E-state index contributed by atoms with van der Waals surface area (Å²) in [4.78, 5) is 13.5. The molecule has 3 heterocycles. The van der Waals surface area contributed by atoms with Crippen molar-refractivity contribution >= 4 is 5.91 Å². The maximum Gasteiger partial charge on any atom is 0.220 e. The van der Waals surface area contributed by atoms with Crippen molar-refractivity contribution in [2.45, 2.75) is 452 Å². The van der Waals surface area contributed by atoms with Gasteiger partial charge in [0.1, 0.15) is 73.2 Å². The number of allylic oxidation sites excluding steroid dienone is 17. The number of carbonyl (C=O) groups is 1. The predicted octanol–water partition coefficient (Wildman–Crippen LogP) is 17.6. The molecular formula is C94H165NO18. The lowest BCUT2D eigenvalue weighted by molar-refractivity contribution is -0.379. The molecule has 0 saturated carbocycles. The lowest BCUT2D eigenvalue weighted by Crippen LogP contribution is -2.66. The predicted molar refractivity (Wildman–Crippen MR) is 457 cm³/mol. The third-order valence-corrected chi connectivity index (χ3v) is 22.1. The molecule has 19 nitrogen and oxygen atoms in total. The second-order valence-electron chi connectivity index (χ2n) is 32.0. The molecule has 0 aromatic rings. The molecule has 3 saturated heterocycles. The van der Waals surface area contributed by atoms with E-state index in [0.29, 0.717) is 6.42 Å². The molecule has 3 rings (SSSR count). The van der Waals surface area contributed by atoms with Gasteiger partial charge in [-0.3, -0.25) is 4.79 Å². The maximum atomic E-state index is 13.5. The SMILES string of the molecule is CC/C=C\C/C=C\C/C=C\C/C=C\C/C=C\C/C=C\C/C=C\C/C=C\CCCCCCCCCCCCCCC(=O)NC(COC1OC(CO)C(OC2OC(CO)C(OC3OC(CO)C(O)C(O)C3O)C(O)C2O)C(O)C1O)C(O)/C=C/CCCCCCCCCCCCCCCCCCCCCCCCCCCCCCC. The first-order chi connectivity index (χ1) is 55.3. The Bertz CT molecular complexity index is 2460. The van der Waals surface area contributed by atoms with Gasteiger partial charge in [0, 0.05) is 6.42 Å². The summed E-state index contributed by atoms with van der Waals surface area (Å²) >= 11 is 0. The highest BCUT2D eigenvalue weighted by Gasteiger charge is 2.54. The van der Waals surface area contributed by atoms with Gasteiger partial charge >= 0.3 is 0 Å². The highest BCUT2D eigenvalue weighted by molar-refractivity contribution is 5.76. The minimum atomic E-state index is -1.98. The normalized spacial score (nSPS) is 25.3. The highest BCUT2D eigenvalue weighted by atomic mass is 16.8. The number of ether oxygens (including phenoxy) is 6. The molecule has 654 valence electrons. The van der Waals surface area contributed by atoms with E-state index in [2.05, 4.69) is 116 Å². The summed E-state index contributed by atoms with van der Waals surface area (Å²) in [6.07, 6.45) is 75.1. The monoisotopic (exact) mass is 1600 g/mol. The van der Waals surface area contributed by atoms with E-state index in [1.54, 1.807) is 6.08 Å². The zero-order chi connectivity index (χ0) is 81.7. The number of nitrogens with one attached hydrogen (secondary N) is 1. The zero-order valence-electron chi connectivity index (χ0n) is 70.6. The van der Waals surface area contributed by atoms with Gasteiger partial charge in [-0.1, -0.05) is 367 Å². The van der Waals surface area contributed by atoms with Crippen molar-refractivity contribution in [3.8, 4) is 0 Å². The second kappa shape index (κ2) is 72.5. The molecule has 3 aliphatic heterocycles. The standard InChI is InChI=1S/C94H165NO18/c1-3-5-7-9-11-13-15-17-19-21-23-25-27-29-31-33-35-36-37-38-39-40-42-44-46-48-50-52-54-56-58-60-62-64-66-68-70-72-82(100)95-77(78(99)71-69-67-65-63-61-59-57-55-53-51-49-47-45-43-41-34-32-30-28-26-24-22-20-18-16-14-12-10-8-6-4-2)76-108-92-88(106)85(103)90(80(74-97)110-92)113-94-89(107)86(104)91(81(75-98)111-94)112-93-87(105)84(102)83(101)79(73-96)109-93/h5,7,11,13,17,19,23,25,29,31,35-36,38-39,42,44,69,71,77-81,83-94,96-99,101-107H,3-4,6,8-10,12,14-16,18,20-22,24,26-28,30,32-34,37,40-41,43,45-68,70,72-76H2,1-2H3,(H,95,100)/b7-5-,13-11-,19-17-,25-23-,31-29-,36-35-,39-38-,44-42-,71-69+. The van der Waals surface area contributed by atoms with E-state index in [0.717, 1.165) is 109 Å². The average Bonchev–Trinajstić information content (AvgIpc) is 0.779. The maximum absolute atomic E-state index is 13.5. The van der Waals surface area contributed by atoms with Crippen molar-refractivity contribution in [2.24, 2.45) is 0 Å². The summed E-state index contributed by atoms with van der Waals surface area (Å²) in [5.41, 5.74) is 0. The van der Waals surface area contributed by atoms with Crippen molar-refractivity contribution in [3.63, 3.8) is 0 Å². The summed E-state index contributed by atoms with van der Waals surface area (Å²) in [7, 11) is 0. The number of aliphatic hydroxyl groups is 11. The van der Waals surface area contributed by atoms with Gasteiger partial charge in [-0.05, 0) is 83.5 Å². The third kappa shape index (κ3) is 50.9. The second-order valence-corrected chi connectivity index (χ2v) is 32.0. The van der Waals surface area contributed by atoms with E-state index in [1.807, 2.05) is 6.08 Å².